The van der Waals surface area contributed by atoms with Crippen molar-refractivity contribution in [1.82, 2.24) is 9.97 Å². The van der Waals surface area contributed by atoms with Gasteiger partial charge >= 0.3 is 0 Å². The molecule has 4 aromatic rings. The normalized spacial score (nSPS) is 10.8. The second kappa shape index (κ2) is 6.91. The Kier molecular flexibility index (Phi) is 4.31. The summed E-state index contributed by atoms with van der Waals surface area (Å²) in [6.07, 6.45) is 1.53. The van der Waals surface area contributed by atoms with Gasteiger partial charge in [-0.05, 0) is 24.6 Å². The quantitative estimate of drug-likeness (QED) is 0.474. The minimum atomic E-state index is 0.539. The molecular formula is C20H16N2O2S. The van der Waals surface area contributed by atoms with Crippen LogP contribution < -0.4 is 9.47 Å². The van der Waals surface area contributed by atoms with Crippen LogP contribution in [0, 0.1) is 0 Å². The molecule has 0 saturated heterocycles. The summed E-state index contributed by atoms with van der Waals surface area (Å²) in [6, 6.07) is 17.8. The van der Waals surface area contributed by atoms with Crippen molar-refractivity contribution in [3.05, 3.63) is 66.3 Å². The van der Waals surface area contributed by atoms with Crippen molar-refractivity contribution in [1.29, 1.82) is 0 Å². The molecule has 0 unspecified atom stereocenters. The Bertz CT molecular complexity index is 999. The van der Waals surface area contributed by atoms with Crippen molar-refractivity contribution in [2.24, 2.45) is 0 Å². The van der Waals surface area contributed by atoms with Crippen molar-refractivity contribution in [3.8, 4) is 28.5 Å². The van der Waals surface area contributed by atoms with Crippen LogP contribution in [0.1, 0.15) is 6.92 Å². The van der Waals surface area contributed by atoms with Gasteiger partial charge in [0.1, 0.15) is 11.2 Å². The number of hydrogen-bond acceptors (Lipinski definition) is 5. The van der Waals surface area contributed by atoms with E-state index in [1.54, 1.807) is 11.3 Å². The minimum absolute atomic E-state index is 0.539. The lowest BCUT2D eigenvalue weighted by atomic mass is 10.1. The molecule has 0 spiro atoms. The van der Waals surface area contributed by atoms with E-state index in [2.05, 4.69) is 27.5 Å². The molecule has 0 N–H and O–H groups in total. The van der Waals surface area contributed by atoms with Gasteiger partial charge in [0.2, 0.25) is 5.88 Å². The number of rotatable bonds is 5. The summed E-state index contributed by atoms with van der Waals surface area (Å²) in [7, 11) is 0. The fraction of sp³-hybridized carbons (Fsp3) is 0.100. The highest BCUT2D eigenvalue weighted by molar-refractivity contribution is 7.17. The fourth-order valence-electron chi connectivity index (χ4n) is 2.67. The largest absolute Gasteiger partial charge is 0.490 e. The lowest BCUT2D eigenvalue weighted by Crippen LogP contribution is -1.96. The molecule has 5 heteroatoms. The van der Waals surface area contributed by atoms with E-state index in [4.69, 9.17) is 9.47 Å². The Morgan fingerprint density at radius 1 is 0.920 bits per heavy atom. The fourth-order valence-corrected chi connectivity index (χ4v) is 3.58. The van der Waals surface area contributed by atoms with Gasteiger partial charge in [0.05, 0.1) is 12.0 Å². The van der Waals surface area contributed by atoms with Crippen LogP contribution in [0.5, 0.6) is 17.4 Å². The van der Waals surface area contributed by atoms with Gasteiger partial charge in [-0.15, -0.1) is 11.3 Å². The molecule has 0 amide bonds. The van der Waals surface area contributed by atoms with Crippen LogP contribution in [-0.4, -0.2) is 16.6 Å². The smallest absolute Gasteiger partial charge is 0.231 e. The van der Waals surface area contributed by atoms with E-state index in [0.29, 0.717) is 24.0 Å². The lowest BCUT2D eigenvalue weighted by Gasteiger charge is -2.11. The zero-order valence-electron chi connectivity index (χ0n) is 13.7. The van der Waals surface area contributed by atoms with Crippen molar-refractivity contribution >= 4 is 21.6 Å². The van der Waals surface area contributed by atoms with E-state index < -0.39 is 0 Å². The number of fused-ring (bicyclic) bond motifs is 1. The third-order valence-electron chi connectivity index (χ3n) is 3.78. The summed E-state index contributed by atoms with van der Waals surface area (Å²) in [6.45, 7) is 2.53. The molecule has 2 heterocycles. The van der Waals surface area contributed by atoms with Gasteiger partial charge in [0, 0.05) is 10.9 Å². The SMILES string of the molecule is CCOc1ccccc1Oc1ncnc2scc(-c3ccccc3)c12. The maximum atomic E-state index is 6.13. The van der Waals surface area contributed by atoms with E-state index in [0.717, 1.165) is 21.3 Å². The van der Waals surface area contributed by atoms with Crippen LogP contribution in [0.3, 0.4) is 0 Å². The molecule has 4 rings (SSSR count). The van der Waals surface area contributed by atoms with Crippen LogP contribution in [0.4, 0.5) is 0 Å². The molecule has 0 aliphatic rings. The van der Waals surface area contributed by atoms with Crippen LogP contribution in [0.25, 0.3) is 21.3 Å². The monoisotopic (exact) mass is 348 g/mol. The first-order valence-electron chi connectivity index (χ1n) is 8.04. The van der Waals surface area contributed by atoms with E-state index in [9.17, 15) is 0 Å². The first-order valence-corrected chi connectivity index (χ1v) is 8.92. The average Bonchev–Trinajstić information content (AvgIpc) is 3.09. The second-order valence-electron chi connectivity index (χ2n) is 5.36. The molecule has 0 fully saturated rings. The zero-order valence-corrected chi connectivity index (χ0v) is 14.5. The lowest BCUT2D eigenvalue weighted by molar-refractivity contribution is 0.320. The topological polar surface area (TPSA) is 44.2 Å². The first kappa shape index (κ1) is 15.6. The summed E-state index contributed by atoms with van der Waals surface area (Å²) in [5.74, 6) is 1.89. The molecule has 2 aromatic heterocycles. The number of aromatic nitrogens is 2. The standard InChI is InChI=1S/C20H16N2O2S/c1-2-23-16-10-6-7-11-17(16)24-19-18-15(14-8-4-3-5-9-14)12-25-20(18)22-13-21-19/h3-13H,2H2,1H3. The zero-order chi connectivity index (χ0) is 17.1. The molecule has 0 atom stereocenters. The number of ether oxygens (including phenoxy) is 2. The molecule has 0 aliphatic carbocycles. The third-order valence-corrected chi connectivity index (χ3v) is 4.66. The number of nitrogens with zero attached hydrogens (tertiary/aromatic N) is 2. The average molecular weight is 348 g/mol. The minimum Gasteiger partial charge on any atom is -0.490 e. The molecule has 0 radical (unpaired) electrons. The Labute approximate surface area is 149 Å². The Hall–Kier alpha value is -2.92. The van der Waals surface area contributed by atoms with Crippen molar-refractivity contribution < 1.29 is 9.47 Å². The van der Waals surface area contributed by atoms with E-state index >= 15 is 0 Å². The Morgan fingerprint density at radius 2 is 1.68 bits per heavy atom. The van der Waals surface area contributed by atoms with Crippen molar-refractivity contribution in [2.75, 3.05) is 6.61 Å². The highest BCUT2D eigenvalue weighted by Crippen LogP contribution is 2.40. The van der Waals surface area contributed by atoms with Gasteiger partial charge in [-0.25, -0.2) is 9.97 Å². The highest BCUT2D eigenvalue weighted by atomic mass is 32.1. The summed E-state index contributed by atoms with van der Waals surface area (Å²) in [4.78, 5) is 9.66. The molecule has 0 bridgehead atoms. The Morgan fingerprint density at radius 3 is 2.48 bits per heavy atom. The third kappa shape index (κ3) is 3.06. The molecule has 124 valence electrons. The second-order valence-corrected chi connectivity index (χ2v) is 6.21. The first-order chi connectivity index (χ1) is 12.4. The summed E-state index contributed by atoms with van der Waals surface area (Å²) in [5, 5.41) is 3.01. The van der Waals surface area contributed by atoms with Gasteiger partial charge < -0.3 is 9.47 Å². The maximum absolute atomic E-state index is 6.13. The van der Waals surface area contributed by atoms with Crippen LogP contribution in [-0.2, 0) is 0 Å². The van der Waals surface area contributed by atoms with Crippen molar-refractivity contribution in [2.45, 2.75) is 6.92 Å². The summed E-state index contributed by atoms with van der Waals surface area (Å²) in [5.41, 5.74) is 2.19. The molecule has 25 heavy (non-hydrogen) atoms. The number of thiophene rings is 1. The van der Waals surface area contributed by atoms with E-state index in [1.165, 1.54) is 6.33 Å². The molecule has 4 nitrogen and oxygen atoms in total. The predicted molar refractivity (Wildman–Crippen MR) is 101 cm³/mol. The van der Waals surface area contributed by atoms with Crippen LogP contribution in [0.2, 0.25) is 0 Å². The van der Waals surface area contributed by atoms with E-state index in [1.807, 2.05) is 49.4 Å². The maximum Gasteiger partial charge on any atom is 0.231 e. The number of benzene rings is 2. The summed E-state index contributed by atoms with van der Waals surface area (Å²) >= 11 is 1.59. The molecule has 0 aliphatic heterocycles. The van der Waals surface area contributed by atoms with E-state index in [-0.39, 0.29) is 0 Å². The highest BCUT2D eigenvalue weighted by Gasteiger charge is 2.16. The van der Waals surface area contributed by atoms with Gasteiger partial charge in [-0.2, -0.15) is 0 Å². The Balaban J connectivity index is 1.82. The number of hydrogen-bond donors (Lipinski definition) is 0. The predicted octanol–water partition coefficient (Wildman–Crippen LogP) is 5.55. The number of para-hydroxylation sites is 2. The van der Waals surface area contributed by atoms with Crippen LogP contribution in [0.15, 0.2) is 66.3 Å². The van der Waals surface area contributed by atoms with Crippen LogP contribution >= 0.6 is 11.3 Å². The van der Waals surface area contributed by atoms with Gasteiger partial charge in [-0.3, -0.25) is 0 Å². The van der Waals surface area contributed by atoms with Gasteiger partial charge in [0.25, 0.3) is 0 Å². The van der Waals surface area contributed by atoms with Gasteiger partial charge in [0.15, 0.2) is 11.5 Å². The molecule has 0 saturated carbocycles. The molecular weight excluding hydrogens is 332 g/mol. The summed E-state index contributed by atoms with van der Waals surface area (Å²) < 4.78 is 11.8. The van der Waals surface area contributed by atoms with Crippen molar-refractivity contribution in [3.63, 3.8) is 0 Å². The molecule has 2 aromatic carbocycles. The van der Waals surface area contributed by atoms with Gasteiger partial charge in [-0.1, -0.05) is 42.5 Å².